The molecule has 0 bridgehead atoms. The van der Waals surface area contributed by atoms with Crippen molar-refractivity contribution >= 4 is 50.8 Å². The van der Waals surface area contributed by atoms with E-state index in [1.165, 1.54) is 23.5 Å². The lowest BCUT2D eigenvalue weighted by Gasteiger charge is -2.24. The smallest absolute Gasteiger partial charge is 0.305 e. The SMILES string of the molecule is CCN(c1ccccc1)S(=O)(=O)c1cc(C(=O)NCCCCCC(=O)OC)c(Cl)cc1Cl. The maximum absolute atomic E-state index is 13.3. The number of carbonyl (C=O) groups is 2. The molecule has 0 saturated carbocycles. The van der Waals surface area contributed by atoms with Crippen molar-refractivity contribution in [3.05, 3.63) is 58.1 Å². The van der Waals surface area contributed by atoms with Crippen molar-refractivity contribution < 1.29 is 22.7 Å². The highest BCUT2D eigenvalue weighted by Gasteiger charge is 2.28. The van der Waals surface area contributed by atoms with Crippen molar-refractivity contribution in [2.24, 2.45) is 0 Å². The van der Waals surface area contributed by atoms with E-state index in [0.717, 1.165) is 6.42 Å². The van der Waals surface area contributed by atoms with E-state index in [1.54, 1.807) is 37.3 Å². The number of nitrogens with one attached hydrogen (secondary N) is 1. The van der Waals surface area contributed by atoms with Gasteiger partial charge in [0.05, 0.1) is 28.4 Å². The molecule has 1 N–H and O–H groups in total. The molecule has 2 rings (SSSR count). The summed E-state index contributed by atoms with van der Waals surface area (Å²) in [5, 5.41) is 2.71. The third-order valence-corrected chi connectivity index (χ3v) is 7.42. The van der Waals surface area contributed by atoms with Crippen LogP contribution in [0.15, 0.2) is 47.4 Å². The number of nitrogens with zero attached hydrogens (tertiary/aromatic N) is 1. The summed E-state index contributed by atoms with van der Waals surface area (Å²) in [6.45, 7) is 2.24. The molecular weight excluding hydrogens is 475 g/mol. The van der Waals surface area contributed by atoms with Gasteiger partial charge in [-0.2, -0.15) is 0 Å². The lowest BCUT2D eigenvalue weighted by molar-refractivity contribution is -0.140. The van der Waals surface area contributed by atoms with E-state index < -0.39 is 15.9 Å². The Balaban J connectivity index is 2.16. The van der Waals surface area contributed by atoms with Crippen LogP contribution < -0.4 is 9.62 Å². The first-order chi connectivity index (χ1) is 15.2. The molecule has 0 aliphatic carbocycles. The second kappa shape index (κ2) is 12.1. The Morgan fingerprint density at radius 2 is 1.72 bits per heavy atom. The molecule has 0 spiro atoms. The van der Waals surface area contributed by atoms with Crippen molar-refractivity contribution in [1.29, 1.82) is 0 Å². The van der Waals surface area contributed by atoms with Gasteiger partial charge in [-0.15, -0.1) is 0 Å². The number of unbranched alkanes of at least 4 members (excludes halogenated alkanes) is 2. The molecular formula is C22H26Cl2N2O5S. The van der Waals surface area contributed by atoms with Gasteiger partial charge in [0.15, 0.2) is 0 Å². The molecule has 0 aliphatic heterocycles. The summed E-state index contributed by atoms with van der Waals surface area (Å²) in [5.74, 6) is -0.772. The summed E-state index contributed by atoms with van der Waals surface area (Å²) in [7, 11) is -2.69. The van der Waals surface area contributed by atoms with Gasteiger partial charge in [0.2, 0.25) is 0 Å². The second-order valence-electron chi connectivity index (χ2n) is 6.91. The molecule has 0 aliphatic rings. The highest BCUT2D eigenvalue weighted by Crippen LogP contribution is 2.32. The average Bonchev–Trinajstić information content (AvgIpc) is 2.76. The number of carbonyl (C=O) groups excluding carboxylic acids is 2. The quantitative estimate of drug-likeness (QED) is 0.357. The van der Waals surface area contributed by atoms with Gasteiger partial charge in [-0.3, -0.25) is 13.9 Å². The summed E-state index contributed by atoms with van der Waals surface area (Å²) in [6.07, 6.45) is 2.35. The zero-order valence-corrected chi connectivity index (χ0v) is 20.3. The molecule has 0 radical (unpaired) electrons. The number of sulfonamides is 1. The van der Waals surface area contributed by atoms with Crippen molar-refractivity contribution in [2.75, 3.05) is 24.5 Å². The fourth-order valence-corrected chi connectivity index (χ4v) is 5.39. The van der Waals surface area contributed by atoms with Gasteiger partial charge in [-0.25, -0.2) is 8.42 Å². The number of esters is 1. The Hall–Kier alpha value is -2.29. The van der Waals surface area contributed by atoms with E-state index in [4.69, 9.17) is 23.2 Å². The monoisotopic (exact) mass is 500 g/mol. The first-order valence-electron chi connectivity index (χ1n) is 10.1. The minimum atomic E-state index is -4.03. The van der Waals surface area contributed by atoms with Gasteiger partial charge < -0.3 is 10.1 Å². The molecule has 7 nitrogen and oxygen atoms in total. The van der Waals surface area contributed by atoms with Gasteiger partial charge in [0, 0.05) is 19.5 Å². The summed E-state index contributed by atoms with van der Waals surface area (Å²) in [5.41, 5.74) is 0.507. The number of benzene rings is 2. The molecule has 0 aromatic heterocycles. The zero-order valence-electron chi connectivity index (χ0n) is 17.9. The van der Waals surface area contributed by atoms with Crippen LogP contribution in [0.5, 0.6) is 0 Å². The lowest BCUT2D eigenvalue weighted by atomic mass is 10.2. The van der Waals surface area contributed by atoms with E-state index >= 15 is 0 Å². The lowest BCUT2D eigenvalue weighted by Crippen LogP contribution is -2.31. The van der Waals surface area contributed by atoms with Crippen LogP contribution in [0.25, 0.3) is 0 Å². The third kappa shape index (κ3) is 6.60. The van der Waals surface area contributed by atoms with Gasteiger partial charge in [-0.05, 0) is 44.0 Å². The number of methoxy groups -OCH3 is 1. The van der Waals surface area contributed by atoms with E-state index in [1.807, 2.05) is 0 Å². The van der Waals surface area contributed by atoms with Crippen LogP contribution in [0.3, 0.4) is 0 Å². The molecule has 0 heterocycles. The fraction of sp³-hybridized carbons (Fsp3) is 0.364. The van der Waals surface area contributed by atoms with E-state index in [0.29, 0.717) is 31.5 Å². The Bertz CT molecular complexity index is 1050. The molecule has 174 valence electrons. The van der Waals surface area contributed by atoms with Crippen molar-refractivity contribution in [3.63, 3.8) is 0 Å². The molecule has 10 heteroatoms. The minimum Gasteiger partial charge on any atom is -0.469 e. The summed E-state index contributed by atoms with van der Waals surface area (Å²) in [6, 6.07) is 11.1. The second-order valence-corrected chi connectivity index (χ2v) is 9.56. The first kappa shape index (κ1) is 26.0. The number of ether oxygens (including phenoxy) is 1. The summed E-state index contributed by atoms with van der Waals surface area (Å²) in [4.78, 5) is 23.5. The molecule has 1 amide bonds. The predicted octanol–water partition coefficient (Wildman–Crippen LogP) is 4.67. The molecule has 32 heavy (non-hydrogen) atoms. The van der Waals surface area contributed by atoms with Crippen LogP contribution in [0.2, 0.25) is 10.0 Å². The summed E-state index contributed by atoms with van der Waals surface area (Å²) >= 11 is 12.4. The van der Waals surface area contributed by atoms with E-state index in [9.17, 15) is 18.0 Å². The van der Waals surface area contributed by atoms with E-state index in [2.05, 4.69) is 10.1 Å². The number of hydrogen-bond acceptors (Lipinski definition) is 5. The maximum atomic E-state index is 13.3. The Labute approximate surface area is 198 Å². The molecule has 2 aromatic rings. The Morgan fingerprint density at radius 1 is 1.03 bits per heavy atom. The number of anilines is 1. The number of halogens is 2. The van der Waals surface area contributed by atoms with Gasteiger partial charge in [-0.1, -0.05) is 47.8 Å². The van der Waals surface area contributed by atoms with Gasteiger partial charge >= 0.3 is 5.97 Å². The number of amides is 1. The summed E-state index contributed by atoms with van der Waals surface area (Å²) < 4.78 is 32.4. The molecule has 0 atom stereocenters. The average molecular weight is 501 g/mol. The normalized spacial score (nSPS) is 11.1. The van der Waals surface area contributed by atoms with Gasteiger partial charge in [0.25, 0.3) is 15.9 Å². The van der Waals surface area contributed by atoms with Crippen molar-refractivity contribution in [1.82, 2.24) is 5.32 Å². The predicted molar refractivity (Wildman–Crippen MR) is 126 cm³/mol. The van der Waals surface area contributed by atoms with Crippen LogP contribution in [-0.4, -0.2) is 40.5 Å². The minimum absolute atomic E-state index is 0.0216. The van der Waals surface area contributed by atoms with Crippen LogP contribution in [0.1, 0.15) is 43.0 Å². The topological polar surface area (TPSA) is 92.8 Å². The Morgan fingerprint density at radius 3 is 2.34 bits per heavy atom. The van der Waals surface area contributed by atoms with Gasteiger partial charge in [0.1, 0.15) is 4.90 Å². The van der Waals surface area contributed by atoms with Crippen molar-refractivity contribution in [3.8, 4) is 0 Å². The van der Waals surface area contributed by atoms with E-state index in [-0.39, 0.29) is 33.0 Å². The third-order valence-electron chi connectivity index (χ3n) is 4.74. The van der Waals surface area contributed by atoms with Crippen molar-refractivity contribution in [2.45, 2.75) is 37.5 Å². The highest BCUT2D eigenvalue weighted by atomic mass is 35.5. The standard InChI is InChI=1S/C22H26Cl2N2O5S/c1-3-26(16-10-6-4-7-11-16)32(29,30)20-14-17(18(23)15-19(20)24)22(28)25-13-9-5-8-12-21(27)31-2/h4,6-7,10-11,14-15H,3,5,8-9,12-13H2,1-2H3,(H,25,28). The number of rotatable bonds is 11. The first-order valence-corrected chi connectivity index (χ1v) is 12.3. The zero-order chi connectivity index (χ0) is 23.7. The highest BCUT2D eigenvalue weighted by molar-refractivity contribution is 7.93. The molecule has 0 fully saturated rings. The molecule has 0 saturated heterocycles. The number of hydrogen-bond donors (Lipinski definition) is 1. The largest absolute Gasteiger partial charge is 0.469 e. The van der Waals surface area contributed by atoms with Crippen LogP contribution in [0, 0.1) is 0 Å². The van der Waals surface area contributed by atoms with Crippen LogP contribution in [0.4, 0.5) is 5.69 Å². The molecule has 2 aromatic carbocycles. The number of para-hydroxylation sites is 1. The Kier molecular flexibility index (Phi) is 9.81. The van der Waals surface area contributed by atoms with Crippen LogP contribution >= 0.6 is 23.2 Å². The molecule has 0 unspecified atom stereocenters. The fourth-order valence-electron chi connectivity index (χ4n) is 3.08. The van der Waals surface area contributed by atoms with Crippen LogP contribution in [-0.2, 0) is 19.6 Å². The maximum Gasteiger partial charge on any atom is 0.305 e.